The summed E-state index contributed by atoms with van der Waals surface area (Å²) < 4.78 is 30.0. The molecule has 2 aromatic carbocycles. The van der Waals surface area contributed by atoms with Crippen LogP contribution in [0.3, 0.4) is 0 Å². The highest BCUT2D eigenvalue weighted by atomic mass is 32.2. The van der Waals surface area contributed by atoms with E-state index in [-0.39, 0.29) is 10.5 Å². The highest BCUT2D eigenvalue weighted by Gasteiger charge is 2.18. The molecule has 27 heavy (non-hydrogen) atoms. The van der Waals surface area contributed by atoms with Gasteiger partial charge in [-0.3, -0.25) is 14.0 Å². The van der Waals surface area contributed by atoms with Crippen molar-refractivity contribution in [1.29, 1.82) is 0 Å². The van der Waals surface area contributed by atoms with E-state index in [0.29, 0.717) is 21.8 Å². The Morgan fingerprint density at radius 3 is 2.56 bits per heavy atom. The van der Waals surface area contributed by atoms with Gasteiger partial charge >= 0.3 is 0 Å². The second-order valence-electron chi connectivity index (χ2n) is 6.43. The number of nitrogens with zero attached hydrogens (tertiary/aromatic N) is 3. The van der Waals surface area contributed by atoms with Crippen molar-refractivity contribution in [3.63, 3.8) is 0 Å². The quantitative estimate of drug-likeness (QED) is 0.588. The normalized spacial score (nSPS) is 12.1. The Morgan fingerprint density at radius 1 is 1.07 bits per heavy atom. The molecule has 4 rings (SSSR count). The van der Waals surface area contributed by atoms with Gasteiger partial charge in [0.1, 0.15) is 5.52 Å². The van der Waals surface area contributed by atoms with Crippen LogP contribution in [0.4, 0.5) is 0 Å². The fraction of sp³-hybridized carbons (Fsp3) is 0.158. The number of fused-ring (bicyclic) bond motifs is 3. The molecule has 1 N–H and O–H groups in total. The van der Waals surface area contributed by atoms with Gasteiger partial charge in [-0.05, 0) is 49.9 Å². The van der Waals surface area contributed by atoms with E-state index in [4.69, 9.17) is 0 Å². The molecule has 0 radical (unpaired) electrons. The maximum atomic E-state index is 13.2. The Balaban J connectivity index is 2.20. The molecule has 8 heteroatoms. The highest BCUT2D eigenvalue weighted by molar-refractivity contribution is 7.89. The lowest BCUT2D eigenvalue weighted by Gasteiger charge is -2.13. The largest absolute Gasteiger partial charge is 0.276 e. The number of aromatic nitrogens is 3. The maximum absolute atomic E-state index is 13.2. The van der Waals surface area contributed by atoms with Crippen molar-refractivity contribution in [3.05, 3.63) is 64.6 Å². The first-order chi connectivity index (χ1) is 12.8. The lowest BCUT2D eigenvalue weighted by Crippen LogP contribution is -2.20. The molecule has 0 fully saturated rings. The fourth-order valence-corrected chi connectivity index (χ4v) is 4.04. The monoisotopic (exact) mass is 382 g/mol. The summed E-state index contributed by atoms with van der Waals surface area (Å²) in [5, 5.41) is 5.43. The number of pyridine rings is 1. The smallest absolute Gasteiger partial charge is 0.266 e. The number of hydrogen-bond acceptors (Lipinski definition) is 4. The fourth-order valence-electron chi connectivity index (χ4n) is 3.28. The van der Waals surface area contributed by atoms with Crippen molar-refractivity contribution in [1.82, 2.24) is 19.1 Å². The average molecular weight is 382 g/mol. The van der Waals surface area contributed by atoms with Gasteiger partial charge in [-0.2, -0.15) is 5.10 Å². The summed E-state index contributed by atoms with van der Waals surface area (Å²) in [4.78, 5) is 13.3. The SMILES string of the molecule is CNS(=O)(=O)c1ccc2c(c1)c1nn(C)cc1c(=O)n2-c1cccc(C)c1. The van der Waals surface area contributed by atoms with E-state index in [0.717, 1.165) is 11.3 Å². The molecule has 7 nitrogen and oxygen atoms in total. The van der Waals surface area contributed by atoms with Gasteiger partial charge in [-0.25, -0.2) is 13.1 Å². The summed E-state index contributed by atoms with van der Waals surface area (Å²) in [6, 6.07) is 12.3. The molecule has 2 aromatic heterocycles. The Hall–Kier alpha value is -2.97. The van der Waals surface area contributed by atoms with Gasteiger partial charge in [0.05, 0.1) is 15.8 Å². The minimum Gasteiger partial charge on any atom is -0.276 e. The Labute approximate surface area is 155 Å². The van der Waals surface area contributed by atoms with Crippen LogP contribution < -0.4 is 10.3 Å². The number of sulfonamides is 1. The van der Waals surface area contributed by atoms with Crippen LogP contribution in [0, 0.1) is 6.92 Å². The zero-order valence-electron chi connectivity index (χ0n) is 15.1. The summed E-state index contributed by atoms with van der Waals surface area (Å²) in [6.45, 7) is 1.96. The van der Waals surface area contributed by atoms with E-state index in [9.17, 15) is 13.2 Å². The molecule has 4 aromatic rings. The summed E-state index contributed by atoms with van der Waals surface area (Å²) in [5.41, 5.74) is 2.63. The van der Waals surface area contributed by atoms with Gasteiger partial charge in [0.25, 0.3) is 5.56 Å². The number of rotatable bonds is 3. The first-order valence-corrected chi connectivity index (χ1v) is 9.83. The summed E-state index contributed by atoms with van der Waals surface area (Å²) in [5.74, 6) is 0. The molecule has 0 spiro atoms. The molecular formula is C19H18N4O3S. The third-order valence-corrected chi connectivity index (χ3v) is 5.98. The zero-order chi connectivity index (χ0) is 19.3. The van der Waals surface area contributed by atoms with E-state index < -0.39 is 10.0 Å². The molecule has 0 aliphatic heterocycles. The molecule has 0 unspecified atom stereocenters. The van der Waals surface area contributed by atoms with Crippen LogP contribution in [-0.2, 0) is 17.1 Å². The van der Waals surface area contributed by atoms with Crippen LogP contribution in [0.1, 0.15) is 5.56 Å². The van der Waals surface area contributed by atoms with Gasteiger partial charge in [0.15, 0.2) is 0 Å². The van der Waals surface area contributed by atoms with Gasteiger partial charge in [0.2, 0.25) is 10.0 Å². The lowest BCUT2D eigenvalue weighted by atomic mass is 10.1. The number of aryl methyl sites for hydroxylation is 2. The van der Waals surface area contributed by atoms with Crippen LogP contribution in [0.5, 0.6) is 0 Å². The van der Waals surface area contributed by atoms with E-state index in [1.54, 1.807) is 34.6 Å². The molecule has 0 atom stereocenters. The first kappa shape index (κ1) is 17.4. The highest BCUT2D eigenvalue weighted by Crippen LogP contribution is 2.26. The number of hydrogen-bond donors (Lipinski definition) is 1. The molecular weight excluding hydrogens is 364 g/mol. The summed E-state index contributed by atoms with van der Waals surface area (Å²) >= 11 is 0. The third-order valence-electron chi connectivity index (χ3n) is 4.57. The molecule has 0 saturated heterocycles. The summed E-state index contributed by atoms with van der Waals surface area (Å²) in [7, 11) is -0.521. The first-order valence-electron chi connectivity index (χ1n) is 8.34. The van der Waals surface area contributed by atoms with Gasteiger partial charge < -0.3 is 0 Å². The van der Waals surface area contributed by atoms with Crippen LogP contribution in [0.2, 0.25) is 0 Å². The summed E-state index contributed by atoms with van der Waals surface area (Å²) in [6.07, 6.45) is 1.66. The average Bonchev–Trinajstić information content (AvgIpc) is 3.04. The zero-order valence-corrected chi connectivity index (χ0v) is 15.9. The topological polar surface area (TPSA) is 86.0 Å². The number of benzene rings is 2. The molecule has 138 valence electrons. The van der Waals surface area contributed by atoms with Crippen molar-refractivity contribution in [2.45, 2.75) is 11.8 Å². The minimum absolute atomic E-state index is 0.124. The van der Waals surface area contributed by atoms with Crippen molar-refractivity contribution in [2.75, 3.05) is 7.05 Å². The molecule has 0 saturated carbocycles. The molecule has 0 bridgehead atoms. The van der Waals surface area contributed by atoms with Crippen LogP contribution in [-0.4, -0.2) is 29.8 Å². The second kappa shape index (κ2) is 6.04. The molecule has 0 aliphatic rings. The van der Waals surface area contributed by atoms with Crippen LogP contribution in [0.25, 0.3) is 27.5 Å². The van der Waals surface area contributed by atoms with Gasteiger partial charge in [0, 0.05) is 24.3 Å². The van der Waals surface area contributed by atoms with Crippen molar-refractivity contribution in [3.8, 4) is 5.69 Å². The van der Waals surface area contributed by atoms with E-state index in [1.807, 2.05) is 31.2 Å². The van der Waals surface area contributed by atoms with Gasteiger partial charge in [-0.15, -0.1) is 0 Å². The lowest BCUT2D eigenvalue weighted by molar-refractivity contribution is 0.588. The van der Waals surface area contributed by atoms with E-state index in [1.165, 1.54) is 13.1 Å². The third kappa shape index (κ3) is 2.73. The van der Waals surface area contributed by atoms with Crippen LogP contribution >= 0.6 is 0 Å². The van der Waals surface area contributed by atoms with E-state index in [2.05, 4.69) is 9.82 Å². The Morgan fingerprint density at radius 2 is 1.85 bits per heavy atom. The molecule has 0 amide bonds. The predicted molar refractivity (Wildman–Crippen MR) is 105 cm³/mol. The van der Waals surface area contributed by atoms with Crippen molar-refractivity contribution >= 4 is 31.8 Å². The molecule has 0 aliphatic carbocycles. The Bertz CT molecular complexity index is 1370. The van der Waals surface area contributed by atoms with Gasteiger partial charge in [-0.1, -0.05) is 12.1 Å². The van der Waals surface area contributed by atoms with Crippen molar-refractivity contribution in [2.24, 2.45) is 7.05 Å². The van der Waals surface area contributed by atoms with Crippen molar-refractivity contribution < 1.29 is 8.42 Å². The predicted octanol–water partition coefficient (Wildman–Crippen LogP) is 2.09. The molecule has 2 heterocycles. The second-order valence-corrected chi connectivity index (χ2v) is 8.32. The maximum Gasteiger partial charge on any atom is 0.266 e. The minimum atomic E-state index is -3.62. The standard InChI is InChI=1S/C19H18N4O3S/c1-12-5-4-6-13(9-12)23-17-8-7-14(27(25,26)20-2)10-15(17)18-16(19(23)24)11-22(3)21-18/h4-11,20H,1-3H3. The van der Waals surface area contributed by atoms with Crippen LogP contribution in [0.15, 0.2) is 58.4 Å². The Kier molecular flexibility index (Phi) is 3.90. The number of nitrogens with one attached hydrogen (secondary N) is 1. The van der Waals surface area contributed by atoms with E-state index >= 15 is 0 Å².